The maximum atomic E-state index is 11.0. The molecule has 3 aliphatic carbocycles. The molecular weight excluding hydrogens is 668 g/mol. The first-order valence-electron chi connectivity index (χ1n) is 18.5. The molecule has 0 bridgehead atoms. The molecule has 51 heavy (non-hydrogen) atoms. The molecule has 14 nitrogen and oxygen atoms in total. The van der Waals surface area contributed by atoms with E-state index < -0.39 is 103 Å². The van der Waals surface area contributed by atoms with Crippen molar-refractivity contribution in [3.63, 3.8) is 0 Å². The second-order valence-electron chi connectivity index (χ2n) is 17.0. The topological polar surface area (TPSA) is 217 Å². The van der Waals surface area contributed by atoms with Crippen LogP contribution in [-0.2, 0) is 28.4 Å². The lowest BCUT2D eigenvalue weighted by molar-refractivity contribution is -0.363. The zero-order valence-corrected chi connectivity index (χ0v) is 30.5. The molecule has 8 N–H and O–H groups in total. The van der Waals surface area contributed by atoms with Gasteiger partial charge < -0.3 is 69.3 Å². The smallest absolute Gasteiger partial charge is 0.187 e. The lowest BCUT2D eigenvalue weighted by Gasteiger charge is -2.62. The molecule has 0 amide bonds. The van der Waals surface area contributed by atoms with Crippen molar-refractivity contribution in [2.75, 3.05) is 6.61 Å². The van der Waals surface area contributed by atoms with Crippen molar-refractivity contribution in [1.82, 2.24) is 0 Å². The number of ether oxygens (including phenoxy) is 6. The fourth-order valence-corrected chi connectivity index (χ4v) is 10.0. The first-order chi connectivity index (χ1) is 23.8. The van der Waals surface area contributed by atoms with Crippen LogP contribution in [0.3, 0.4) is 0 Å². The van der Waals surface area contributed by atoms with Gasteiger partial charge in [-0.3, -0.25) is 0 Å². The highest BCUT2D eigenvalue weighted by atomic mass is 16.8. The van der Waals surface area contributed by atoms with Crippen molar-refractivity contribution in [2.45, 2.75) is 172 Å². The molecule has 20 atom stereocenters. The van der Waals surface area contributed by atoms with Gasteiger partial charge in [-0.15, -0.1) is 6.58 Å². The van der Waals surface area contributed by atoms with Crippen molar-refractivity contribution in [1.29, 1.82) is 0 Å². The molecule has 3 heterocycles. The standard InChI is InChI=1S/C37H60O14/c1-8-36(6)14-18-9-10-21-35(4,5)22(11-12-37(21,7)19(18)13-23(36)50-32-29(44)27(42)24(39)16(2)47-32)49-34-31(26(41)20(38)15-46-34)51-33-30(45)28(43)25(40)17(3)48-33/h8,14,16-17,19-34,38-45H,1,9-13,15H2,2-7H3. The number of aliphatic hydroxyl groups excluding tert-OH is 8. The van der Waals surface area contributed by atoms with Crippen LogP contribution in [-0.4, -0.2) is 146 Å². The minimum absolute atomic E-state index is 0.135. The van der Waals surface area contributed by atoms with Crippen LogP contribution in [0.4, 0.5) is 0 Å². The third-order valence-corrected chi connectivity index (χ3v) is 13.4. The Bertz CT molecular complexity index is 1280. The summed E-state index contributed by atoms with van der Waals surface area (Å²) in [4.78, 5) is 0. The van der Waals surface area contributed by atoms with Crippen molar-refractivity contribution < 1.29 is 69.3 Å². The number of hydrogen-bond donors (Lipinski definition) is 8. The molecule has 6 aliphatic rings. The minimum Gasteiger partial charge on any atom is -0.388 e. The van der Waals surface area contributed by atoms with Crippen molar-refractivity contribution in [3.8, 4) is 0 Å². The van der Waals surface area contributed by atoms with Gasteiger partial charge in [0, 0.05) is 5.41 Å². The Hall–Kier alpha value is -1.08. The summed E-state index contributed by atoms with van der Waals surface area (Å²) < 4.78 is 36.5. The molecule has 3 saturated heterocycles. The van der Waals surface area contributed by atoms with E-state index >= 15 is 0 Å². The Morgan fingerprint density at radius 1 is 0.725 bits per heavy atom. The highest BCUT2D eigenvalue weighted by Crippen LogP contribution is 2.64. The maximum Gasteiger partial charge on any atom is 0.187 e. The van der Waals surface area contributed by atoms with Crippen LogP contribution in [0, 0.1) is 28.1 Å². The summed E-state index contributed by atoms with van der Waals surface area (Å²) >= 11 is 0. The van der Waals surface area contributed by atoms with Crippen molar-refractivity contribution in [3.05, 3.63) is 24.3 Å². The van der Waals surface area contributed by atoms with Crippen molar-refractivity contribution in [2.24, 2.45) is 28.1 Å². The molecule has 20 unspecified atom stereocenters. The lowest BCUT2D eigenvalue weighted by atomic mass is 9.44. The number of allylic oxidation sites excluding steroid dienone is 1. The summed E-state index contributed by atoms with van der Waals surface area (Å²) in [6.45, 7) is 15.8. The fraction of sp³-hybridized carbons (Fsp3) is 0.892. The van der Waals surface area contributed by atoms with Crippen LogP contribution >= 0.6 is 0 Å². The van der Waals surface area contributed by atoms with Gasteiger partial charge in [-0.25, -0.2) is 0 Å². The van der Waals surface area contributed by atoms with Gasteiger partial charge in [-0.1, -0.05) is 45.4 Å². The number of aliphatic hydroxyl groups is 8. The predicted octanol–water partition coefficient (Wildman–Crippen LogP) is 0.250. The summed E-state index contributed by atoms with van der Waals surface area (Å²) in [5.74, 6) is 0.323. The molecule has 0 radical (unpaired) electrons. The Kier molecular flexibility index (Phi) is 11.3. The highest BCUT2D eigenvalue weighted by Gasteiger charge is 2.60. The molecule has 3 aliphatic heterocycles. The van der Waals surface area contributed by atoms with E-state index in [0.29, 0.717) is 12.8 Å². The third kappa shape index (κ3) is 6.90. The van der Waals surface area contributed by atoms with Gasteiger partial charge in [0.15, 0.2) is 18.9 Å². The van der Waals surface area contributed by atoms with Gasteiger partial charge >= 0.3 is 0 Å². The van der Waals surface area contributed by atoms with E-state index in [2.05, 4.69) is 40.3 Å². The quantitative estimate of drug-likeness (QED) is 0.130. The fourth-order valence-electron chi connectivity index (χ4n) is 10.0. The van der Waals surface area contributed by atoms with Gasteiger partial charge in [-0.2, -0.15) is 0 Å². The van der Waals surface area contributed by atoms with Crippen LogP contribution in [0.15, 0.2) is 24.3 Å². The average Bonchev–Trinajstić information content (AvgIpc) is 3.08. The van der Waals surface area contributed by atoms with E-state index in [1.807, 2.05) is 6.08 Å². The molecule has 0 aromatic carbocycles. The predicted molar refractivity (Wildman–Crippen MR) is 179 cm³/mol. The SMILES string of the molecule is C=CC1(C)C=C2CCC3C(C)(C)C(OC4OCC(O)C(O)C4OC4OC(C)C(O)C(O)C4O)CCC3(C)C2CC1OC1OC(C)C(O)C(O)C1O. The summed E-state index contributed by atoms with van der Waals surface area (Å²) in [5.41, 5.74) is 0.225. The molecule has 0 aromatic heterocycles. The van der Waals surface area contributed by atoms with Crippen LogP contribution in [0.5, 0.6) is 0 Å². The molecule has 0 spiro atoms. The summed E-state index contributed by atoms with van der Waals surface area (Å²) in [6.07, 6.45) is -10.6. The van der Waals surface area contributed by atoms with Crippen LogP contribution in [0.1, 0.15) is 73.6 Å². The van der Waals surface area contributed by atoms with Gasteiger partial charge in [0.25, 0.3) is 0 Å². The van der Waals surface area contributed by atoms with E-state index in [1.165, 1.54) is 12.5 Å². The van der Waals surface area contributed by atoms with E-state index in [0.717, 1.165) is 19.3 Å². The van der Waals surface area contributed by atoms with Crippen LogP contribution < -0.4 is 0 Å². The zero-order chi connectivity index (χ0) is 37.4. The second-order valence-corrected chi connectivity index (χ2v) is 17.0. The number of hydrogen-bond acceptors (Lipinski definition) is 14. The van der Waals surface area contributed by atoms with Crippen LogP contribution in [0.25, 0.3) is 0 Å². The number of fused-ring (bicyclic) bond motifs is 3. The van der Waals surface area contributed by atoms with E-state index in [9.17, 15) is 40.9 Å². The van der Waals surface area contributed by atoms with Crippen LogP contribution in [0.2, 0.25) is 0 Å². The van der Waals surface area contributed by atoms with E-state index in [-0.39, 0.29) is 30.0 Å². The molecule has 5 fully saturated rings. The summed E-state index contributed by atoms with van der Waals surface area (Å²) in [5, 5.41) is 84.1. The largest absolute Gasteiger partial charge is 0.388 e. The molecule has 6 rings (SSSR count). The highest BCUT2D eigenvalue weighted by molar-refractivity contribution is 5.29. The molecule has 0 aromatic rings. The third-order valence-electron chi connectivity index (χ3n) is 13.4. The second kappa shape index (κ2) is 14.5. The molecule has 2 saturated carbocycles. The minimum atomic E-state index is -1.61. The summed E-state index contributed by atoms with van der Waals surface area (Å²) in [6, 6.07) is 0. The Morgan fingerprint density at radius 3 is 1.88 bits per heavy atom. The Morgan fingerprint density at radius 2 is 1.29 bits per heavy atom. The molecule has 14 heteroatoms. The monoisotopic (exact) mass is 728 g/mol. The first-order valence-corrected chi connectivity index (χ1v) is 18.5. The van der Waals surface area contributed by atoms with E-state index in [1.54, 1.807) is 6.92 Å². The maximum absolute atomic E-state index is 11.0. The zero-order valence-electron chi connectivity index (χ0n) is 30.5. The van der Waals surface area contributed by atoms with Gasteiger partial charge in [0.2, 0.25) is 0 Å². The molecule has 292 valence electrons. The molecular formula is C37H60O14. The summed E-state index contributed by atoms with van der Waals surface area (Å²) in [7, 11) is 0. The Balaban J connectivity index is 1.20. The normalized spacial score (nSPS) is 54.5. The van der Waals surface area contributed by atoms with Gasteiger partial charge in [0.1, 0.15) is 54.9 Å². The van der Waals surface area contributed by atoms with Crippen molar-refractivity contribution >= 4 is 0 Å². The first kappa shape index (κ1) is 39.6. The lowest BCUT2D eigenvalue weighted by Crippen LogP contribution is -2.63. The van der Waals surface area contributed by atoms with E-state index in [4.69, 9.17) is 28.4 Å². The Labute approximate surface area is 299 Å². The average molecular weight is 729 g/mol. The number of rotatable bonds is 7. The van der Waals surface area contributed by atoms with Gasteiger partial charge in [-0.05, 0) is 68.6 Å². The van der Waals surface area contributed by atoms with Gasteiger partial charge in [0.05, 0.1) is 31.0 Å².